The van der Waals surface area contributed by atoms with Gasteiger partial charge in [-0.05, 0) is 19.3 Å². The fourth-order valence-corrected chi connectivity index (χ4v) is 3.40. The number of methoxy groups -OCH3 is 1. The van der Waals surface area contributed by atoms with E-state index < -0.39 is 0 Å². The average molecular weight is 252 g/mol. The Labute approximate surface area is 107 Å². The van der Waals surface area contributed by atoms with Crippen molar-refractivity contribution in [2.45, 2.75) is 33.3 Å². The number of allylic oxidation sites excluding steroid dienone is 1. The van der Waals surface area contributed by atoms with Crippen LogP contribution in [0.2, 0.25) is 0 Å². The van der Waals surface area contributed by atoms with Crippen LogP contribution in [0.4, 0.5) is 0 Å². The molecular formula is C14H20O4. The minimum absolute atomic E-state index is 0.0834. The van der Waals surface area contributed by atoms with Gasteiger partial charge in [0.1, 0.15) is 6.10 Å². The van der Waals surface area contributed by atoms with Gasteiger partial charge < -0.3 is 9.47 Å². The Bertz CT molecular complexity index is 399. The van der Waals surface area contributed by atoms with Crippen LogP contribution in [0.25, 0.3) is 0 Å². The van der Waals surface area contributed by atoms with Crippen molar-refractivity contribution in [3.8, 4) is 0 Å². The van der Waals surface area contributed by atoms with Crippen LogP contribution in [0.3, 0.4) is 0 Å². The molecule has 100 valence electrons. The quantitative estimate of drug-likeness (QED) is 0.556. The average Bonchev–Trinajstić information content (AvgIpc) is 2.64. The van der Waals surface area contributed by atoms with Crippen molar-refractivity contribution in [3.63, 3.8) is 0 Å². The van der Waals surface area contributed by atoms with Gasteiger partial charge in [-0.25, -0.2) is 0 Å². The van der Waals surface area contributed by atoms with Gasteiger partial charge in [-0.2, -0.15) is 0 Å². The zero-order chi connectivity index (χ0) is 13.4. The minimum atomic E-state index is -0.331. The number of ether oxygens (including phenoxy) is 2. The van der Waals surface area contributed by atoms with Gasteiger partial charge in [0.05, 0.1) is 18.9 Å². The first-order valence-electron chi connectivity index (χ1n) is 6.50. The van der Waals surface area contributed by atoms with Gasteiger partial charge in [-0.15, -0.1) is 0 Å². The first kappa shape index (κ1) is 13.1. The summed E-state index contributed by atoms with van der Waals surface area (Å²) in [6, 6.07) is 0. The van der Waals surface area contributed by atoms with Crippen LogP contribution >= 0.6 is 0 Å². The molecular weight excluding hydrogens is 232 g/mol. The molecule has 1 fully saturated rings. The molecule has 18 heavy (non-hydrogen) atoms. The molecule has 0 amide bonds. The molecule has 0 aromatic rings. The number of hydrogen-bond acceptors (Lipinski definition) is 4. The van der Waals surface area contributed by atoms with Gasteiger partial charge >= 0.3 is 11.9 Å². The van der Waals surface area contributed by atoms with E-state index in [0.29, 0.717) is 0 Å². The van der Waals surface area contributed by atoms with Crippen LogP contribution in [-0.4, -0.2) is 25.2 Å². The number of carbonyl (C=O) groups is 2. The summed E-state index contributed by atoms with van der Waals surface area (Å²) in [5, 5.41) is 0. The highest BCUT2D eigenvalue weighted by Crippen LogP contribution is 2.46. The molecule has 0 N–H and O–H groups in total. The molecule has 5 atom stereocenters. The first-order valence-corrected chi connectivity index (χ1v) is 6.50. The van der Waals surface area contributed by atoms with Crippen LogP contribution in [0, 0.1) is 23.7 Å². The van der Waals surface area contributed by atoms with Crippen LogP contribution in [0.15, 0.2) is 11.6 Å². The maximum absolute atomic E-state index is 12.0. The fraction of sp³-hybridized carbons (Fsp3) is 0.714. The molecule has 0 bridgehead atoms. The molecule has 1 aliphatic carbocycles. The summed E-state index contributed by atoms with van der Waals surface area (Å²) < 4.78 is 10.2. The summed E-state index contributed by atoms with van der Waals surface area (Å²) >= 11 is 0. The zero-order valence-corrected chi connectivity index (χ0v) is 11.3. The number of hydrogen-bond donors (Lipinski definition) is 0. The summed E-state index contributed by atoms with van der Waals surface area (Å²) in [5.41, 5.74) is 1.07. The van der Waals surface area contributed by atoms with Crippen LogP contribution < -0.4 is 0 Å². The zero-order valence-electron chi connectivity index (χ0n) is 11.3. The van der Waals surface area contributed by atoms with E-state index in [1.54, 1.807) is 0 Å². The third-order valence-corrected chi connectivity index (χ3v) is 4.22. The van der Waals surface area contributed by atoms with Gasteiger partial charge in [-0.1, -0.05) is 25.5 Å². The number of carbonyl (C=O) groups excluding carboxylic acids is 2. The predicted molar refractivity (Wildman–Crippen MR) is 65.6 cm³/mol. The molecule has 1 saturated heterocycles. The smallest absolute Gasteiger partial charge is 0.313 e. The lowest BCUT2D eigenvalue weighted by atomic mass is 9.66. The molecule has 1 aliphatic heterocycles. The molecule has 4 heteroatoms. The van der Waals surface area contributed by atoms with Crippen molar-refractivity contribution in [2.24, 2.45) is 23.7 Å². The summed E-state index contributed by atoms with van der Waals surface area (Å²) in [4.78, 5) is 23.9. The lowest BCUT2D eigenvalue weighted by Gasteiger charge is -2.34. The Balaban J connectivity index is 2.43. The predicted octanol–water partition coefficient (Wildman–Crippen LogP) is 1.94. The highest BCUT2D eigenvalue weighted by Gasteiger charge is 2.53. The van der Waals surface area contributed by atoms with Crippen LogP contribution in [-0.2, 0) is 19.1 Å². The highest BCUT2D eigenvalue weighted by molar-refractivity contribution is 5.82. The summed E-state index contributed by atoms with van der Waals surface area (Å²) in [6.45, 7) is 5.90. The normalized spacial score (nSPS) is 38.8. The van der Waals surface area contributed by atoms with Gasteiger partial charge in [-0.3, -0.25) is 9.59 Å². The van der Waals surface area contributed by atoms with Crippen molar-refractivity contribution in [1.29, 1.82) is 0 Å². The monoisotopic (exact) mass is 252 g/mol. The number of esters is 2. The molecule has 1 unspecified atom stereocenters. The van der Waals surface area contributed by atoms with Gasteiger partial charge in [0, 0.05) is 5.92 Å². The second kappa shape index (κ2) is 4.75. The Morgan fingerprint density at radius 1 is 1.44 bits per heavy atom. The molecule has 2 rings (SSSR count). The fourth-order valence-electron chi connectivity index (χ4n) is 3.40. The Hall–Kier alpha value is -1.32. The number of fused-ring (bicyclic) bond motifs is 1. The van der Waals surface area contributed by atoms with Crippen LogP contribution in [0.5, 0.6) is 0 Å². The number of cyclic esters (lactones) is 1. The van der Waals surface area contributed by atoms with E-state index in [9.17, 15) is 9.59 Å². The maximum Gasteiger partial charge on any atom is 0.313 e. The van der Waals surface area contributed by atoms with Crippen molar-refractivity contribution in [3.05, 3.63) is 11.6 Å². The Morgan fingerprint density at radius 3 is 2.67 bits per heavy atom. The van der Waals surface area contributed by atoms with E-state index in [1.165, 1.54) is 7.11 Å². The van der Waals surface area contributed by atoms with Gasteiger partial charge in [0.2, 0.25) is 0 Å². The SMILES string of the molecule is CCC1=C[C@@H](C)[C@@H]2C(=O)O[C@@H](C)[C@@H]2C1C(=O)OC. The second-order valence-corrected chi connectivity index (χ2v) is 5.20. The van der Waals surface area contributed by atoms with E-state index in [0.717, 1.165) is 12.0 Å². The molecule has 0 saturated carbocycles. The maximum atomic E-state index is 12.0. The first-order chi connectivity index (χ1) is 8.51. The van der Waals surface area contributed by atoms with E-state index >= 15 is 0 Å². The second-order valence-electron chi connectivity index (χ2n) is 5.20. The van der Waals surface area contributed by atoms with Gasteiger partial charge in [0.25, 0.3) is 0 Å². The van der Waals surface area contributed by atoms with E-state index in [4.69, 9.17) is 9.47 Å². The van der Waals surface area contributed by atoms with E-state index in [1.807, 2.05) is 26.8 Å². The lowest BCUT2D eigenvalue weighted by molar-refractivity contribution is -0.147. The topological polar surface area (TPSA) is 52.6 Å². The molecule has 0 radical (unpaired) electrons. The van der Waals surface area contributed by atoms with E-state index in [2.05, 4.69) is 0 Å². The number of rotatable bonds is 2. The lowest BCUT2D eigenvalue weighted by Crippen LogP contribution is -2.40. The summed E-state index contributed by atoms with van der Waals surface area (Å²) in [5.74, 6) is -0.930. The Morgan fingerprint density at radius 2 is 2.11 bits per heavy atom. The van der Waals surface area contributed by atoms with E-state index in [-0.39, 0.29) is 41.7 Å². The molecule has 0 aromatic carbocycles. The summed E-state index contributed by atoms with van der Waals surface area (Å²) in [7, 11) is 1.39. The van der Waals surface area contributed by atoms with Gasteiger partial charge in [0.15, 0.2) is 0 Å². The molecule has 1 heterocycles. The summed E-state index contributed by atoms with van der Waals surface area (Å²) in [6.07, 6.45) is 2.63. The largest absolute Gasteiger partial charge is 0.469 e. The van der Waals surface area contributed by atoms with Crippen molar-refractivity contribution in [1.82, 2.24) is 0 Å². The molecule has 0 spiro atoms. The third kappa shape index (κ3) is 1.84. The van der Waals surface area contributed by atoms with Crippen molar-refractivity contribution in [2.75, 3.05) is 7.11 Å². The van der Waals surface area contributed by atoms with Crippen LogP contribution in [0.1, 0.15) is 27.2 Å². The minimum Gasteiger partial charge on any atom is -0.469 e. The standard InChI is InChI=1S/C14H20O4/c1-5-9-6-7(2)10-11(8(3)18-14(10)16)12(9)13(15)17-4/h6-8,10-12H,5H2,1-4H3/t7-,8+,10+,11+,12?/m1/s1. The highest BCUT2D eigenvalue weighted by atomic mass is 16.6. The Kier molecular flexibility index (Phi) is 3.46. The van der Waals surface area contributed by atoms with Crippen molar-refractivity contribution < 1.29 is 19.1 Å². The third-order valence-electron chi connectivity index (χ3n) is 4.22. The molecule has 2 aliphatic rings. The van der Waals surface area contributed by atoms with Crippen molar-refractivity contribution >= 4 is 11.9 Å². The molecule has 0 aromatic heterocycles. The molecule has 4 nitrogen and oxygen atoms in total.